The maximum Gasteiger partial charge on any atom is 0.287 e. The molecule has 9 nitrogen and oxygen atoms in total. The van der Waals surface area contributed by atoms with Crippen LogP contribution in [0.1, 0.15) is 11.9 Å². The van der Waals surface area contributed by atoms with Crippen molar-refractivity contribution in [2.24, 2.45) is 20.5 Å². The number of hydrogen-bond donors (Lipinski definition) is 0. The van der Waals surface area contributed by atoms with E-state index in [1.807, 2.05) is 18.2 Å². The van der Waals surface area contributed by atoms with Gasteiger partial charge in [-0.3, -0.25) is 10.1 Å². The first-order chi connectivity index (χ1) is 12.2. The molecule has 124 valence electrons. The summed E-state index contributed by atoms with van der Waals surface area (Å²) < 4.78 is 5.31. The molecule has 0 aliphatic rings. The Hall–Kier alpha value is -3.75. The Morgan fingerprint density at radius 2 is 1.80 bits per heavy atom. The Kier molecular flexibility index (Phi) is 4.95. The zero-order valence-electron chi connectivity index (χ0n) is 12.8. The van der Waals surface area contributed by atoms with Gasteiger partial charge < -0.3 is 4.42 Å². The number of benzene rings is 1. The SMILES string of the molecule is O=[N+]([O-])c1ccc(N=NC(N=Nc2ccccc2)c2ccco2)nc1. The number of nitrogens with zero attached hydrogens (tertiary/aromatic N) is 6. The molecule has 0 radical (unpaired) electrons. The van der Waals surface area contributed by atoms with Crippen LogP contribution in [-0.4, -0.2) is 9.91 Å². The first-order valence-corrected chi connectivity index (χ1v) is 7.23. The third-order valence-electron chi connectivity index (χ3n) is 3.05. The Labute approximate surface area is 141 Å². The molecule has 0 fully saturated rings. The molecular weight excluding hydrogens is 324 g/mol. The molecule has 0 saturated carbocycles. The van der Waals surface area contributed by atoms with Gasteiger partial charge in [0.25, 0.3) is 5.69 Å². The molecule has 0 N–H and O–H groups in total. The first-order valence-electron chi connectivity index (χ1n) is 7.23. The number of hydrogen-bond acceptors (Lipinski definition) is 8. The van der Waals surface area contributed by atoms with E-state index in [0.29, 0.717) is 11.4 Å². The predicted molar refractivity (Wildman–Crippen MR) is 87.8 cm³/mol. The first kappa shape index (κ1) is 16.1. The maximum absolute atomic E-state index is 10.6. The normalized spacial score (nSPS) is 12.6. The van der Waals surface area contributed by atoms with Crippen LogP contribution in [0.25, 0.3) is 0 Å². The van der Waals surface area contributed by atoms with Crippen LogP contribution in [0.2, 0.25) is 0 Å². The number of nitro groups is 1. The fourth-order valence-corrected chi connectivity index (χ4v) is 1.85. The second kappa shape index (κ2) is 7.68. The average Bonchev–Trinajstić information content (AvgIpc) is 3.17. The zero-order valence-corrected chi connectivity index (χ0v) is 12.8. The van der Waals surface area contributed by atoms with E-state index >= 15 is 0 Å². The number of rotatable bonds is 6. The second-order valence-corrected chi connectivity index (χ2v) is 4.79. The van der Waals surface area contributed by atoms with Gasteiger partial charge in [0.1, 0.15) is 6.20 Å². The fraction of sp³-hybridized carbons (Fsp3) is 0.0625. The predicted octanol–water partition coefficient (Wildman–Crippen LogP) is 5.15. The van der Waals surface area contributed by atoms with Crippen LogP contribution in [0.3, 0.4) is 0 Å². The van der Waals surface area contributed by atoms with E-state index < -0.39 is 11.1 Å². The van der Waals surface area contributed by atoms with Crippen molar-refractivity contribution in [3.8, 4) is 0 Å². The molecule has 3 rings (SSSR count). The average molecular weight is 336 g/mol. The molecule has 1 aromatic carbocycles. The lowest BCUT2D eigenvalue weighted by molar-refractivity contribution is -0.385. The molecule has 9 heteroatoms. The van der Waals surface area contributed by atoms with Crippen molar-refractivity contribution in [3.63, 3.8) is 0 Å². The van der Waals surface area contributed by atoms with Crippen molar-refractivity contribution in [2.45, 2.75) is 6.17 Å². The van der Waals surface area contributed by atoms with Gasteiger partial charge in [-0.15, -0.1) is 10.2 Å². The molecule has 2 heterocycles. The minimum atomic E-state index is -0.785. The Morgan fingerprint density at radius 3 is 2.44 bits per heavy atom. The Morgan fingerprint density at radius 1 is 1.00 bits per heavy atom. The van der Waals surface area contributed by atoms with Gasteiger partial charge in [0.15, 0.2) is 11.6 Å². The van der Waals surface area contributed by atoms with Gasteiger partial charge in [-0.25, -0.2) is 4.98 Å². The summed E-state index contributed by atoms with van der Waals surface area (Å²) in [7, 11) is 0. The Balaban J connectivity index is 1.80. The van der Waals surface area contributed by atoms with Gasteiger partial charge in [-0.05, 0) is 30.3 Å². The van der Waals surface area contributed by atoms with Crippen molar-refractivity contribution in [1.29, 1.82) is 0 Å². The van der Waals surface area contributed by atoms with Gasteiger partial charge in [-0.2, -0.15) is 10.2 Å². The molecule has 0 spiro atoms. The highest BCUT2D eigenvalue weighted by Gasteiger charge is 2.12. The summed E-state index contributed by atoms with van der Waals surface area (Å²) in [6.45, 7) is 0. The minimum absolute atomic E-state index is 0.120. The van der Waals surface area contributed by atoms with E-state index in [0.717, 1.165) is 6.20 Å². The van der Waals surface area contributed by atoms with Crippen LogP contribution in [0.4, 0.5) is 17.2 Å². The van der Waals surface area contributed by atoms with E-state index in [1.54, 1.807) is 24.3 Å². The van der Waals surface area contributed by atoms with Crippen LogP contribution < -0.4 is 0 Å². The van der Waals surface area contributed by atoms with Crippen molar-refractivity contribution in [2.75, 3.05) is 0 Å². The van der Waals surface area contributed by atoms with Gasteiger partial charge in [0.05, 0.1) is 16.9 Å². The second-order valence-electron chi connectivity index (χ2n) is 4.79. The van der Waals surface area contributed by atoms with Crippen LogP contribution in [0.15, 0.2) is 91.9 Å². The minimum Gasteiger partial charge on any atom is -0.465 e. The highest BCUT2D eigenvalue weighted by atomic mass is 16.6. The lowest BCUT2D eigenvalue weighted by atomic mass is 10.3. The van der Waals surface area contributed by atoms with Gasteiger partial charge >= 0.3 is 0 Å². The van der Waals surface area contributed by atoms with Crippen molar-refractivity contribution in [1.82, 2.24) is 4.98 Å². The van der Waals surface area contributed by atoms with Gasteiger partial charge in [0.2, 0.25) is 6.17 Å². The zero-order chi connectivity index (χ0) is 17.5. The summed E-state index contributed by atoms with van der Waals surface area (Å²) in [5, 5.41) is 26.9. The standard InChI is InChI=1S/C16H12N6O3/c23-22(24)13-8-9-15(17-11-13)19-21-16(14-7-4-10-25-14)20-18-12-5-2-1-3-6-12/h1-11,16H. The van der Waals surface area contributed by atoms with Crippen LogP contribution in [-0.2, 0) is 0 Å². The van der Waals surface area contributed by atoms with Crippen molar-refractivity contribution < 1.29 is 9.34 Å². The van der Waals surface area contributed by atoms with E-state index in [1.165, 1.54) is 18.4 Å². The van der Waals surface area contributed by atoms with Crippen LogP contribution in [0.5, 0.6) is 0 Å². The molecule has 25 heavy (non-hydrogen) atoms. The molecule has 0 amide bonds. The van der Waals surface area contributed by atoms with Gasteiger partial charge in [0, 0.05) is 6.07 Å². The highest BCUT2D eigenvalue weighted by molar-refractivity contribution is 5.35. The molecule has 0 aliphatic carbocycles. The van der Waals surface area contributed by atoms with Crippen LogP contribution >= 0.6 is 0 Å². The quantitative estimate of drug-likeness (QED) is 0.351. The van der Waals surface area contributed by atoms with E-state index in [-0.39, 0.29) is 11.5 Å². The highest BCUT2D eigenvalue weighted by Crippen LogP contribution is 2.25. The van der Waals surface area contributed by atoms with Crippen molar-refractivity contribution >= 4 is 17.2 Å². The molecule has 2 aromatic heterocycles. The summed E-state index contributed by atoms with van der Waals surface area (Å²) in [4.78, 5) is 14.0. The van der Waals surface area contributed by atoms with Crippen LogP contribution in [0, 0.1) is 10.1 Å². The molecule has 0 aliphatic heterocycles. The van der Waals surface area contributed by atoms with Gasteiger partial charge in [-0.1, -0.05) is 18.2 Å². The molecular formula is C16H12N6O3. The lowest BCUT2D eigenvalue weighted by Crippen LogP contribution is -1.89. The largest absolute Gasteiger partial charge is 0.465 e. The fourth-order valence-electron chi connectivity index (χ4n) is 1.85. The smallest absolute Gasteiger partial charge is 0.287 e. The number of azo groups is 2. The lowest BCUT2D eigenvalue weighted by Gasteiger charge is -2.01. The summed E-state index contributed by atoms with van der Waals surface area (Å²) in [5.41, 5.74) is 0.549. The Bertz CT molecular complexity index is 876. The number of aromatic nitrogens is 1. The molecule has 1 unspecified atom stereocenters. The van der Waals surface area contributed by atoms with Crippen molar-refractivity contribution in [3.05, 3.63) is 82.9 Å². The van der Waals surface area contributed by atoms with E-state index in [2.05, 4.69) is 25.4 Å². The maximum atomic E-state index is 10.6. The number of pyridine rings is 1. The third kappa shape index (κ3) is 4.38. The molecule has 3 aromatic rings. The third-order valence-corrected chi connectivity index (χ3v) is 3.05. The molecule has 1 atom stereocenters. The topological polar surface area (TPSA) is 119 Å². The van der Waals surface area contributed by atoms with E-state index in [4.69, 9.17) is 4.42 Å². The number of furan rings is 1. The summed E-state index contributed by atoms with van der Waals surface area (Å²) in [5.74, 6) is 0.683. The van der Waals surface area contributed by atoms with E-state index in [9.17, 15) is 10.1 Å². The monoisotopic (exact) mass is 336 g/mol. The molecule has 0 bridgehead atoms. The summed E-state index contributed by atoms with van der Waals surface area (Å²) >= 11 is 0. The summed E-state index contributed by atoms with van der Waals surface area (Å²) in [6.07, 6.45) is 1.83. The molecule has 0 saturated heterocycles. The summed E-state index contributed by atoms with van der Waals surface area (Å²) in [6, 6.07) is 15.3.